The van der Waals surface area contributed by atoms with E-state index in [0.29, 0.717) is 18.4 Å². The third kappa shape index (κ3) is 3.20. The molecule has 28 heavy (non-hydrogen) atoms. The first-order valence-electron chi connectivity index (χ1n) is 10.2. The fourth-order valence-electron chi connectivity index (χ4n) is 4.74. The minimum atomic E-state index is -0.0220. The van der Waals surface area contributed by atoms with Crippen LogP contribution in [0.2, 0.25) is 0 Å². The molecule has 4 unspecified atom stereocenters. The van der Waals surface area contributed by atoms with Gasteiger partial charge in [-0.2, -0.15) is 0 Å². The van der Waals surface area contributed by atoms with Crippen LogP contribution in [0.4, 0.5) is 5.69 Å². The summed E-state index contributed by atoms with van der Waals surface area (Å²) in [5.41, 5.74) is 4.25. The summed E-state index contributed by atoms with van der Waals surface area (Å²) in [5.74, 6) is 0.750. The van der Waals surface area contributed by atoms with E-state index >= 15 is 0 Å². The van der Waals surface area contributed by atoms with Crippen molar-refractivity contribution in [1.82, 2.24) is 10.3 Å². The van der Waals surface area contributed by atoms with E-state index in [1.165, 1.54) is 11.1 Å². The molecule has 1 aromatic carbocycles. The summed E-state index contributed by atoms with van der Waals surface area (Å²) in [7, 11) is 0. The van der Waals surface area contributed by atoms with E-state index in [0.717, 1.165) is 37.1 Å². The molecule has 5 rings (SSSR count). The van der Waals surface area contributed by atoms with Crippen molar-refractivity contribution in [2.45, 2.75) is 37.3 Å². The van der Waals surface area contributed by atoms with Gasteiger partial charge < -0.3 is 15.4 Å². The van der Waals surface area contributed by atoms with Gasteiger partial charge in [0.05, 0.1) is 12.1 Å². The number of nitrogens with zero attached hydrogens (tertiary/aromatic N) is 1. The van der Waals surface area contributed by atoms with Crippen molar-refractivity contribution in [1.29, 1.82) is 0 Å². The quantitative estimate of drug-likeness (QED) is 0.798. The van der Waals surface area contributed by atoms with Crippen LogP contribution in [0.5, 0.6) is 0 Å². The molecule has 3 aliphatic rings. The lowest BCUT2D eigenvalue weighted by Gasteiger charge is -2.37. The van der Waals surface area contributed by atoms with Crippen LogP contribution in [0.25, 0.3) is 0 Å². The summed E-state index contributed by atoms with van der Waals surface area (Å²) in [6.45, 7) is 1.39. The Hall–Kier alpha value is -2.66. The molecule has 144 valence electrons. The van der Waals surface area contributed by atoms with E-state index in [1.807, 2.05) is 30.6 Å². The molecule has 2 aliphatic heterocycles. The molecule has 0 spiro atoms. The molecular weight excluding hydrogens is 350 g/mol. The van der Waals surface area contributed by atoms with Crippen molar-refractivity contribution in [3.8, 4) is 0 Å². The molecule has 5 nitrogen and oxygen atoms in total. The lowest BCUT2D eigenvalue weighted by molar-refractivity contribution is 0.0857. The van der Waals surface area contributed by atoms with E-state index in [-0.39, 0.29) is 18.1 Å². The fourth-order valence-corrected chi connectivity index (χ4v) is 4.74. The number of allylic oxidation sites excluding steroid dienone is 2. The summed E-state index contributed by atoms with van der Waals surface area (Å²) in [4.78, 5) is 16.9. The monoisotopic (exact) mass is 375 g/mol. The van der Waals surface area contributed by atoms with Crippen LogP contribution in [0.1, 0.15) is 52.7 Å². The number of carbonyl (C=O) groups excluding carboxylic acids is 1. The molecule has 0 bridgehead atoms. The van der Waals surface area contributed by atoms with Gasteiger partial charge in [0.25, 0.3) is 5.91 Å². The predicted molar refractivity (Wildman–Crippen MR) is 108 cm³/mol. The lowest BCUT2D eigenvalue weighted by atomic mass is 9.77. The number of rotatable bonds is 4. The van der Waals surface area contributed by atoms with E-state index in [2.05, 4.69) is 39.9 Å². The van der Waals surface area contributed by atoms with Crippen LogP contribution in [0, 0.1) is 5.92 Å². The zero-order valence-corrected chi connectivity index (χ0v) is 15.8. The van der Waals surface area contributed by atoms with E-state index in [1.54, 1.807) is 0 Å². The van der Waals surface area contributed by atoms with Crippen molar-refractivity contribution in [2.75, 3.05) is 18.5 Å². The second-order valence-electron chi connectivity index (χ2n) is 7.91. The Morgan fingerprint density at radius 1 is 1.32 bits per heavy atom. The van der Waals surface area contributed by atoms with Gasteiger partial charge in [-0.3, -0.25) is 9.78 Å². The second-order valence-corrected chi connectivity index (χ2v) is 7.91. The number of fused-ring (bicyclic) bond motifs is 3. The normalized spacial score (nSPS) is 27.7. The molecule has 5 heteroatoms. The highest BCUT2D eigenvalue weighted by atomic mass is 16.5. The van der Waals surface area contributed by atoms with Gasteiger partial charge >= 0.3 is 0 Å². The number of hydrogen-bond acceptors (Lipinski definition) is 4. The molecule has 2 N–H and O–H groups in total. The summed E-state index contributed by atoms with van der Waals surface area (Å²) >= 11 is 0. The molecular formula is C23H25N3O2. The number of hydrogen-bond donors (Lipinski definition) is 2. The SMILES string of the molecule is O=C(NCC1CCCO1)c1ccc2c(c1)C1C=CCC1C(c1cccnc1)N2. The summed E-state index contributed by atoms with van der Waals surface area (Å²) in [6, 6.07) is 10.4. The molecule has 1 aromatic heterocycles. The minimum absolute atomic E-state index is 0.0220. The molecule has 3 heterocycles. The van der Waals surface area contributed by atoms with Crippen molar-refractivity contribution < 1.29 is 9.53 Å². The van der Waals surface area contributed by atoms with Gasteiger partial charge in [-0.25, -0.2) is 0 Å². The lowest BCUT2D eigenvalue weighted by Crippen LogP contribution is -2.32. The second kappa shape index (κ2) is 7.40. The molecule has 1 amide bonds. The molecule has 1 aliphatic carbocycles. The highest BCUT2D eigenvalue weighted by molar-refractivity contribution is 5.95. The number of aromatic nitrogens is 1. The van der Waals surface area contributed by atoms with Gasteiger partial charge in [0.2, 0.25) is 0 Å². The number of amides is 1. The van der Waals surface area contributed by atoms with Crippen LogP contribution < -0.4 is 10.6 Å². The number of ether oxygens (including phenoxy) is 1. The molecule has 0 saturated carbocycles. The Morgan fingerprint density at radius 2 is 2.29 bits per heavy atom. The van der Waals surface area contributed by atoms with Gasteiger partial charge in [-0.05, 0) is 60.6 Å². The first-order chi connectivity index (χ1) is 13.8. The van der Waals surface area contributed by atoms with Gasteiger partial charge in [-0.1, -0.05) is 18.2 Å². The van der Waals surface area contributed by atoms with Crippen LogP contribution >= 0.6 is 0 Å². The van der Waals surface area contributed by atoms with Crippen molar-refractivity contribution in [2.24, 2.45) is 5.92 Å². The third-order valence-corrected chi connectivity index (χ3v) is 6.18. The Bertz CT molecular complexity index is 890. The van der Waals surface area contributed by atoms with E-state index in [4.69, 9.17) is 4.74 Å². The smallest absolute Gasteiger partial charge is 0.251 e. The van der Waals surface area contributed by atoms with Crippen LogP contribution in [0.15, 0.2) is 54.9 Å². The summed E-state index contributed by atoms with van der Waals surface area (Å²) in [6.07, 6.45) is 11.6. The van der Waals surface area contributed by atoms with Gasteiger partial charge in [0.1, 0.15) is 0 Å². The predicted octanol–water partition coefficient (Wildman–Crippen LogP) is 3.82. The summed E-state index contributed by atoms with van der Waals surface area (Å²) in [5, 5.41) is 6.73. The Balaban J connectivity index is 1.38. The van der Waals surface area contributed by atoms with Gasteiger partial charge in [-0.15, -0.1) is 0 Å². The highest BCUT2D eigenvalue weighted by Gasteiger charge is 2.38. The maximum absolute atomic E-state index is 12.7. The third-order valence-electron chi connectivity index (χ3n) is 6.18. The Morgan fingerprint density at radius 3 is 3.11 bits per heavy atom. The highest BCUT2D eigenvalue weighted by Crippen LogP contribution is 2.49. The zero-order chi connectivity index (χ0) is 18.9. The molecule has 0 radical (unpaired) electrons. The number of nitrogens with one attached hydrogen (secondary N) is 2. The van der Waals surface area contributed by atoms with Crippen molar-refractivity contribution >= 4 is 11.6 Å². The number of carbonyl (C=O) groups is 1. The minimum Gasteiger partial charge on any atom is -0.378 e. The maximum Gasteiger partial charge on any atom is 0.251 e. The van der Waals surface area contributed by atoms with Crippen LogP contribution in [-0.4, -0.2) is 30.1 Å². The number of pyridine rings is 1. The molecule has 1 saturated heterocycles. The fraction of sp³-hybridized carbons (Fsp3) is 0.391. The van der Waals surface area contributed by atoms with E-state index < -0.39 is 0 Å². The Labute approximate surface area is 165 Å². The summed E-state index contributed by atoms with van der Waals surface area (Å²) < 4.78 is 5.60. The topological polar surface area (TPSA) is 63.2 Å². The maximum atomic E-state index is 12.7. The van der Waals surface area contributed by atoms with Crippen LogP contribution in [-0.2, 0) is 4.74 Å². The van der Waals surface area contributed by atoms with Crippen molar-refractivity contribution in [3.05, 3.63) is 71.6 Å². The van der Waals surface area contributed by atoms with Crippen molar-refractivity contribution in [3.63, 3.8) is 0 Å². The standard InChI is InChI=1S/C23H25N3O2/c27-23(25-14-17-5-3-11-28-17)15-8-9-21-20(12-15)18-6-1-7-19(18)22(26-21)16-4-2-10-24-13-16/h1-2,4,6,8-10,12-13,17-19,22,26H,3,5,7,11,14H2,(H,25,27). The largest absolute Gasteiger partial charge is 0.378 e. The molecule has 2 aromatic rings. The first kappa shape index (κ1) is 17.4. The number of anilines is 1. The number of benzene rings is 1. The average Bonchev–Trinajstić information content (AvgIpc) is 3.44. The first-order valence-corrected chi connectivity index (χ1v) is 10.2. The molecule has 4 atom stereocenters. The van der Waals surface area contributed by atoms with Gasteiger partial charge in [0.15, 0.2) is 0 Å². The van der Waals surface area contributed by atoms with E-state index in [9.17, 15) is 4.79 Å². The Kier molecular flexibility index (Phi) is 4.61. The molecule has 1 fully saturated rings. The van der Waals surface area contributed by atoms with Gasteiger partial charge in [0, 0.05) is 42.7 Å². The van der Waals surface area contributed by atoms with Crippen LogP contribution in [0.3, 0.4) is 0 Å². The average molecular weight is 375 g/mol. The zero-order valence-electron chi connectivity index (χ0n) is 15.8.